The Morgan fingerprint density at radius 2 is 2.08 bits per heavy atom. The fourth-order valence-electron chi connectivity index (χ4n) is 3.32. The third-order valence-corrected chi connectivity index (χ3v) is 4.46. The van der Waals surface area contributed by atoms with E-state index in [-0.39, 0.29) is 11.4 Å². The predicted molar refractivity (Wildman–Crippen MR) is 75.5 cm³/mol. The van der Waals surface area contributed by atoms with Crippen molar-refractivity contribution in [3.63, 3.8) is 0 Å². The van der Waals surface area contributed by atoms with Crippen molar-refractivity contribution in [1.29, 1.82) is 0 Å². The summed E-state index contributed by atoms with van der Waals surface area (Å²) < 4.78 is 41.5. The number of carbonyl (C=O) groups excluding carboxylic acids is 2. The molecule has 9 heteroatoms. The lowest BCUT2D eigenvalue weighted by atomic mass is 9.96. The van der Waals surface area contributed by atoms with Crippen LogP contribution in [0.3, 0.4) is 0 Å². The number of hydrogen-bond donors (Lipinski definition) is 1. The van der Waals surface area contributed by atoms with Gasteiger partial charge in [0.1, 0.15) is 6.33 Å². The lowest BCUT2D eigenvalue weighted by Crippen LogP contribution is -2.45. The Morgan fingerprint density at radius 1 is 1.33 bits per heavy atom. The van der Waals surface area contributed by atoms with Crippen molar-refractivity contribution >= 4 is 11.8 Å². The predicted octanol–water partition coefficient (Wildman–Crippen LogP) is 1.89. The number of nitrogens with zero attached hydrogens (tertiary/aromatic N) is 3. The zero-order valence-corrected chi connectivity index (χ0v) is 12.2. The van der Waals surface area contributed by atoms with Crippen molar-refractivity contribution in [3.05, 3.63) is 47.0 Å². The minimum atomic E-state index is -4.67. The van der Waals surface area contributed by atoms with E-state index in [1.165, 1.54) is 27.9 Å². The fraction of sp³-hybridized carbons (Fsp3) is 0.267. The molecule has 0 radical (unpaired) electrons. The molecule has 24 heavy (non-hydrogen) atoms. The molecule has 1 atom stereocenters. The summed E-state index contributed by atoms with van der Waals surface area (Å²) in [6, 6.07) is 3.01. The maximum atomic E-state index is 13.4. The van der Waals surface area contributed by atoms with E-state index in [9.17, 15) is 22.8 Å². The number of rotatable bonds is 1. The zero-order valence-electron chi connectivity index (χ0n) is 12.2. The Bertz CT molecular complexity index is 887. The van der Waals surface area contributed by atoms with Gasteiger partial charge in [-0.15, -0.1) is 0 Å². The topological polar surface area (TPSA) is 81.2 Å². The van der Waals surface area contributed by atoms with Crippen LogP contribution in [-0.4, -0.2) is 32.8 Å². The molecule has 1 aromatic heterocycles. The summed E-state index contributed by atoms with van der Waals surface area (Å²) >= 11 is 0. The highest BCUT2D eigenvalue weighted by Gasteiger charge is 2.46. The Kier molecular flexibility index (Phi) is 2.82. The van der Waals surface area contributed by atoms with Crippen molar-refractivity contribution < 1.29 is 22.8 Å². The average Bonchev–Trinajstić information content (AvgIpc) is 2.86. The van der Waals surface area contributed by atoms with Crippen molar-refractivity contribution in [2.45, 2.75) is 18.6 Å². The molecule has 2 amide bonds. The molecule has 0 saturated carbocycles. The molecule has 0 aliphatic carbocycles. The number of carbonyl (C=O) groups is 2. The highest BCUT2D eigenvalue weighted by molar-refractivity contribution is 6.01. The molecule has 6 nitrogen and oxygen atoms in total. The molecule has 2 N–H and O–H groups in total. The molecule has 2 aromatic rings. The Balaban J connectivity index is 2.06. The fourth-order valence-corrected chi connectivity index (χ4v) is 3.32. The molecule has 2 aliphatic heterocycles. The van der Waals surface area contributed by atoms with Crippen LogP contribution in [0.1, 0.15) is 44.6 Å². The van der Waals surface area contributed by atoms with Crippen LogP contribution in [0.15, 0.2) is 24.5 Å². The Morgan fingerprint density at radius 3 is 2.67 bits per heavy atom. The molecule has 0 unspecified atom stereocenters. The first-order chi connectivity index (χ1) is 11.3. The van der Waals surface area contributed by atoms with Crippen molar-refractivity contribution in [1.82, 2.24) is 14.5 Å². The zero-order chi connectivity index (χ0) is 17.2. The number of aromatic nitrogens is 2. The van der Waals surface area contributed by atoms with Gasteiger partial charge >= 0.3 is 6.18 Å². The van der Waals surface area contributed by atoms with Crippen LogP contribution in [0, 0.1) is 0 Å². The molecule has 1 aromatic carbocycles. The second-order valence-electron chi connectivity index (χ2n) is 5.71. The molecule has 3 heterocycles. The first-order valence-electron chi connectivity index (χ1n) is 7.19. The monoisotopic (exact) mass is 336 g/mol. The van der Waals surface area contributed by atoms with E-state index < -0.39 is 35.2 Å². The molecule has 2 aliphatic rings. The van der Waals surface area contributed by atoms with Gasteiger partial charge < -0.3 is 10.6 Å². The van der Waals surface area contributed by atoms with Crippen LogP contribution in [0.2, 0.25) is 0 Å². The first kappa shape index (κ1) is 14.7. The van der Waals surface area contributed by atoms with Gasteiger partial charge in [-0.1, -0.05) is 6.07 Å². The first-order valence-corrected chi connectivity index (χ1v) is 7.19. The maximum absolute atomic E-state index is 13.4. The van der Waals surface area contributed by atoms with Crippen molar-refractivity contribution in [2.24, 2.45) is 5.73 Å². The summed E-state index contributed by atoms with van der Waals surface area (Å²) in [6.07, 6.45) is -2.89. The number of benzene rings is 1. The lowest BCUT2D eigenvalue weighted by Gasteiger charge is -2.40. The number of amides is 2. The molecule has 124 valence electrons. The second-order valence-corrected chi connectivity index (χ2v) is 5.71. The van der Waals surface area contributed by atoms with E-state index in [0.29, 0.717) is 18.7 Å². The van der Waals surface area contributed by atoms with Crippen LogP contribution in [-0.2, 0) is 6.18 Å². The number of nitrogens with two attached hydrogens (primary N) is 1. The molecule has 0 spiro atoms. The van der Waals surface area contributed by atoms with Gasteiger partial charge in [-0.3, -0.25) is 14.2 Å². The molecule has 1 saturated heterocycles. The number of fused-ring (bicyclic) bond motifs is 5. The van der Waals surface area contributed by atoms with Crippen LogP contribution in [0.4, 0.5) is 13.2 Å². The number of primary amides is 1. The second kappa shape index (κ2) is 4.59. The number of halogens is 3. The van der Waals surface area contributed by atoms with Gasteiger partial charge in [-0.2, -0.15) is 13.2 Å². The van der Waals surface area contributed by atoms with Crippen LogP contribution < -0.4 is 5.73 Å². The number of imidazole rings is 1. The number of alkyl halides is 3. The standard InChI is InChI=1S/C15H11F3N4O2/c16-15(17,18)7-2-1-3-8-10(7)14(24)21-5-4-9(21)12-11(13(19)23)20-6-22(8)12/h1-3,6,9H,4-5H2,(H2,19,23)/t9-/m0/s1. The average molecular weight is 336 g/mol. The van der Waals surface area contributed by atoms with Crippen LogP contribution in [0.25, 0.3) is 5.69 Å². The third kappa shape index (κ3) is 1.81. The minimum Gasteiger partial charge on any atom is -0.364 e. The minimum absolute atomic E-state index is 0.0252. The summed E-state index contributed by atoms with van der Waals surface area (Å²) in [4.78, 5) is 29.6. The summed E-state index contributed by atoms with van der Waals surface area (Å²) in [6.45, 7) is 0.318. The van der Waals surface area contributed by atoms with E-state index in [1.54, 1.807) is 0 Å². The highest BCUT2D eigenvalue weighted by atomic mass is 19.4. The van der Waals surface area contributed by atoms with E-state index in [4.69, 9.17) is 5.73 Å². The number of hydrogen-bond acceptors (Lipinski definition) is 3. The quantitative estimate of drug-likeness (QED) is 0.863. The normalized spacial score (nSPS) is 19.0. The summed E-state index contributed by atoms with van der Waals surface area (Å²) in [5, 5.41) is 0. The molecule has 4 rings (SSSR count). The van der Waals surface area contributed by atoms with Gasteiger partial charge in [0.05, 0.1) is 28.6 Å². The van der Waals surface area contributed by atoms with Crippen LogP contribution >= 0.6 is 0 Å². The summed E-state index contributed by atoms with van der Waals surface area (Å²) in [5.74, 6) is -1.48. The Labute approximate surface area is 133 Å². The third-order valence-electron chi connectivity index (χ3n) is 4.46. The largest absolute Gasteiger partial charge is 0.417 e. The van der Waals surface area contributed by atoms with Gasteiger partial charge in [-0.25, -0.2) is 4.98 Å². The van der Waals surface area contributed by atoms with Crippen LogP contribution in [0.5, 0.6) is 0 Å². The van der Waals surface area contributed by atoms with E-state index in [1.807, 2.05) is 0 Å². The summed E-state index contributed by atoms with van der Waals surface area (Å²) in [7, 11) is 0. The molecular formula is C15H11F3N4O2. The van der Waals surface area contributed by atoms with Gasteiger partial charge in [-0.05, 0) is 18.6 Å². The molecule has 0 bridgehead atoms. The van der Waals surface area contributed by atoms with Gasteiger partial charge in [0.15, 0.2) is 5.69 Å². The Hall–Kier alpha value is -2.84. The molecule has 1 fully saturated rings. The maximum Gasteiger partial charge on any atom is 0.417 e. The van der Waals surface area contributed by atoms with Gasteiger partial charge in [0.2, 0.25) is 0 Å². The molecular weight excluding hydrogens is 325 g/mol. The summed E-state index contributed by atoms with van der Waals surface area (Å²) in [5.41, 5.74) is 4.28. The van der Waals surface area contributed by atoms with Crippen molar-refractivity contribution in [2.75, 3.05) is 6.54 Å². The smallest absolute Gasteiger partial charge is 0.364 e. The van der Waals surface area contributed by atoms with Gasteiger partial charge in [0.25, 0.3) is 11.8 Å². The van der Waals surface area contributed by atoms with E-state index in [2.05, 4.69) is 4.98 Å². The van der Waals surface area contributed by atoms with E-state index >= 15 is 0 Å². The highest BCUT2D eigenvalue weighted by Crippen LogP contribution is 2.44. The van der Waals surface area contributed by atoms with Gasteiger partial charge in [0, 0.05) is 6.54 Å². The van der Waals surface area contributed by atoms with Crippen molar-refractivity contribution in [3.8, 4) is 5.69 Å². The SMILES string of the molecule is NC(=O)c1ncn2c1[C@@H]1CCN1C(=O)c1c-2cccc1C(F)(F)F. The van der Waals surface area contributed by atoms with E-state index in [0.717, 1.165) is 6.07 Å². The lowest BCUT2D eigenvalue weighted by molar-refractivity contribution is -0.138.